The Labute approximate surface area is 189 Å². The van der Waals surface area contributed by atoms with Crippen LogP contribution in [0.2, 0.25) is 0 Å². The van der Waals surface area contributed by atoms with Crippen molar-refractivity contribution in [3.05, 3.63) is 64.0 Å². The Balaban J connectivity index is 2.04. The Morgan fingerprint density at radius 2 is 1.73 bits per heavy atom. The molecule has 7 nitrogen and oxygen atoms in total. The topological polar surface area (TPSA) is 92.0 Å². The number of ether oxygens (including phenoxy) is 3. The number of hydrogen-bond donors (Lipinski definition) is 0. The maximum absolute atomic E-state index is 13.7. The van der Waals surface area contributed by atoms with Gasteiger partial charge in [-0.2, -0.15) is 13.2 Å². The molecule has 0 aliphatic rings. The van der Waals surface area contributed by atoms with Crippen LogP contribution >= 0.6 is 11.6 Å². The van der Waals surface area contributed by atoms with Gasteiger partial charge in [0.05, 0.1) is 17.6 Å². The molecule has 0 fully saturated rings. The van der Waals surface area contributed by atoms with Crippen molar-refractivity contribution in [3.63, 3.8) is 0 Å². The highest BCUT2D eigenvalue weighted by Gasteiger charge is 2.40. The van der Waals surface area contributed by atoms with Crippen molar-refractivity contribution in [2.75, 3.05) is 6.61 Å². The van der Waals surface area contributed by atoms with Crippen molar-refractivity contribution < 1.29 is 41.4 Å². The summed E-state index contributed by atoms with van der Waals surface area (Å²) < 4.78 is 60.9. The molecule has 0 spiro atoms. The van der Waals surface area contributed by atoms with Gasteiger partial charge >= 0.3 is 18.1 Å². The van der Waals surface area contributed by atoms with Gasteiger partial charge in [-0.1, -0.05) is 0 Å². The Hall–Kier alpha value is -3.53. The molecule has 0 amide bonds. The highest BCUT2D eigenvalue weighted by Crippen LogP contribution is 2.38. The van der Waals surface area contributed by atoms with Crippen molar-refractivity contribution in [2.45, 2.75) is 25.4 Å². The molecule has 0 aliphatic carbocycles. The Bertz CT molecular complexity index is 1250. The zero-order chi connectivity index (χ0) is 24.3. The maximum atomic E-state index is 13.7. The van der Waals surface area contributed by atoms with Crippen LogP contribution in [0.25, 0.3) is 11.0 Å². The largest absolute Gasteiger partial charge is 0.462 e. The van der Waals surface area contributed by atoms with Gasteiger partial charge in [0.1, 0.15) is 22.5 Å². The summed E-state index contributed by atoms with van der Waals surface area (Å²) >= 11 is 5.61. The minimum Gasteiger partial charge on any atom is -0.462 e. The van der Waals surface area contributed by atoms with Gasteiger partial charge in [-0.05, 0) is 50.2 Å². The third-order valence-corrected chi connectivity index (χ3v) is 4.39. The second-order valence-electron chi connectivity index (χ2n) is 6.63. The van der Waals surface area contributed by atoms with Gasteiger partial charge in [-0.3, -0.25) is 9.59 Å². The van der Waals surface area contributed by atoms with Crippen LogP contribution in [-0.4, -0.2) is 23.9 Å². The van der Waals surface area contributed by atoms with E-state index in [0.29, 0.717) is 0 Å². The quantitative estimate of drug-likeness (QED) is 0.266. The molecule has 1 heterocycles. The second-order valence-corrected chi connectivity index (χ2v) is 7.28. The van der Waals surface area contributed by atoms with Crippen LogP contribution in [0.3, 0.4) is 0 Å². The molecule has 1 atom stereocenters. The lowest BCUT2D eigenvalue weighted by atomic mass is 10.2. The van der Waals surface area contributed by atoms with Crippen LogP contribution in [0.5, 0.6) is 17.2 Å². The van der Waals surface area contributed by atoms with E-state index in [1.165, 1.54) is 37.3 Å². The van der Waals surface area contributed by atoms with Crippen molar-refractivity contribution in [1.29, 1.82) is 0 Å². The molecule has 0 N–H and O–H groups in total. The van der Waals surface area contributed by atoms with Crippen molar-refractivity contribution in [3.8, 4) is 17.2 Å². The number of rotatable bonds is 6. The van der Waals surface area contributed by atoms with E-state index >= 15 is 0 Å². The fourth-order valence-corrected chi connectivity index (χ4v) is 2.73. The van der Waals surface area contributed by atoms with Crippen LogP contribution in [0.4, 0.5) is 13.2 Å². The third-order valence-electron chi connectivity index (χ3n) is 4.21. The van der Waals surface area contributed by atoms with Gasteiger partial charge < -0.3 is 18.6 Å². The predicted molar refractivity (Wildman–Crippen MR) is 111 cm³/mol. The SMILES string of the molecule is CCOC(=O)c1ccc(Oc2c(C(F)(F)F)oc3cc(OC(=O)C(C)Cl)ccc3c2=O)cc1. The Morgan fingerprint density at radius 3 is 2.30 bits per heavy atom. The van der Waals surface area contributed by atoms with E-state index in [1.807, 2.05) is 0 Å². The molecule has 11 heteroatoms. The fraction of sp³-hybridized carbons (Fsp3) is 0.227. The summed E-state index contributed by atoms with van der Waals surface area (Å²) in [7, 11) is 0. The molecular weight excluding hydrogens is 469 g/mol. The van der Waals surface area contributed by atoms with Crippen LogP contribution < -0.4 is 14.9 Å². The number of fused-ring (bicyclic) bond motifs is 1. The number of alkyl halides is 4. The highest BCUT2D eigenvalue weighted by atomic mass is 35.5. The summed E-state index contributed by atoms with van der Waals surface area (Å²) in [5, 5.41) is -1.23. The number of esters is 2. The average Bonchev–Trinajstić information content (AvgIpc) is 2.75. The molecule has 2 aromatic carbocycles. The van der Waals surface area contributed by atoms with E-state index < -0.39 is 46.0 Å². The summed E-state index contributed by atoms with van der Waals surface area (Å²) in [6, 6.07) is 8.31. The van der Waals surface area contributed by atoms with E-state index in [0.717, 1.165) is 12.1 Å². The zero-order valence-corrected chi connectivity index (χ0v) is 18.0. The third kappa shape index (κ3) is 5.46. The maximum Gasteiger partial charge on any atom is 0.453 e. The lowest BCUT2D eigenvalue weighted by molar-refractivity contribution is -0.154. The fourth-order valence-electron chi connectivity index (χ4n) is 2.69. The molecular formula is C22H16ClF3O7. The van der Waals surface area contributed by atoms with Crippen molar-refractivity contribution in [1.82, 2.24) is 0 Å². The first-order valence-electron chi connectivity index (χ1n) is 9.50. The lowest BCUT2D eigenvalue weighted by Gasteiger charge is -2.14. The summed E-state index contributed by atoms with van der Waals surface area (Å²) in [4.78, 5) is 36.2. The normalized spacial score (nSPS) is 12.3. The molecule has 0 radical (unpaired) electrons. The second kappa shape index (κ2) is 9.53. The minimum atomic E-state index is -5.08. The first-order chi connectivity index (χ1) is 15.5. The smallest absolute Gasteiger partial charge is 0.453 e. The lowest BCUT2D eigenvalue weighted by Crippen LogP contribution is -2.18. The van der Waals surface area contributed by atoms with Gasteiger partial charge in [-0.15, -0.1) is 11.6 Å². The van der Waals surface area contributed by atoms with E-state index in [1.54, 1.807) is 6.92 Å². The number of carbonyl (C=O) groups is 2. The zero-order valence-electron chi connectivity index (χ0n) is 17.2. The van der Waals surface area contributed by atoms with Crippen LogP contribution in [0.15, 0.2) is 51.7 Å². The first-order valence-corrected chi connectivity index (χ1v) is 9.93. The molecule has 3 aromatic rings. The van der Waals surface area contributed by atoms with Crippen molar-refractivity contribution >= 4 is 34.5 Å². The molecule has 0 saturated heterocycles. The molecule has 1 aromatic heterocycles. The van der Waals surface area contributed by atoms with Crippen molar-refractivity contribution in [2.24, 2.45) is 0 Å². The summed E-state index contributed by atoms with van der Waals surface area (Å²) in [5.74, 6) is -4.51. The number of carbonyl (C=O) groups excluding carboxylic acids is 2. The van der Waals surface area contributed by atoms with E-state index in [9.17, 15) is 27.6 Å². The van der Waals surface area contributed by atoms with Crippen LogP contribution in [-0.2, 0) is 15.7 Å². The van der Waals surface area contributed by atoms with Crippen LogP contribution in [0.1, 0.15) is 30.0 Å². The highest BCUT2D eigenvalue weighted by molar-refractivity contribution is 6.29. The molecule has 33 heavy (non-hydrogen) atoms. The summed E-state index contributed by atoms with van der Waals surface area (Å²) in [6.45, 7) is 3.13. The van der Waals surface area contributed by atoms with E-state index in [4.69, 9.17) is 30.2 Å². The molecule has 0 saturated carbocycles. The van der Waals surface area contributed by atoms with Gasteiger partial charge in [0.25, 0.3) is 5.76 Å². The van der Waals surface area contributed by atoms with Gasteiger partial charge in [0.2, 0.25) is 11.2 Å². The van der Waals surface area contributed by atoms with Gasteiger partial charge in [0, 0.05) is 6.07 Å². The van der Waals surface area contributed by atoms with Gasteiger partial charge in [-0.25, -0.2) is 4.79 Å². The van der Waals surface area contributed by atoms with Crippen LogP contribution in [0, 0.1) is 0 Å². The van der Waals surface area contributed by atoms with E-state index in [-0.39, 0.29) is 29.1 Å². The monoisotopic (exact) mass is 484 g/mol. The molecule has 0 aliphatic heterocycles. The minimum absolute atomic E-state index is 0.137. The number of halogens is 4. The van der Waals surface area contributed by atoms with Gasteiger partial charge in [0.15, 0.2) is 0 Å². The molecule has 3 rings (SSSR count). The predicted octanol–water partition coefficient (Wildman–Crippen LogP) is 5.31. The average molecular weight is 485 g/mol. The standard InChI is InChI=1S/C22H16ClF3O7/c1-3-30-21(29)12-4-6-13(7-5-12)31-18-17(27)15-9-8-14(32-20(28)11(2)23)10-16(15)33-19(18)22(24,25)26/h4-11H,3H2,1-2H3. The van der Waals surface area contributed by atoms with E-state index in [2.05, 4.69) is 0 Å². The summed E-state index contributed by atoms with van der Waals surface area (Å²) in [6.07, 6.45) is -5.08. The molecule has 0 bridgehead atoms. The molecule has 1 unspecified atom stereocenters. The number of benzene rings is 2. The Kier molecular flexibility index (Phi) is 6.97. The summed E-state index contributed by atoms with van der Waals surface area (Å²) in [5.41, 5.74) is -1.41. The molecule has 174 valence electrons. The number of hydrogen-bond acceptors (Lipinski definition) is 7. The Morgan fingerprint density at radius 1 is 1.09 bits per heavy atom. The first kappa shape index (κ1) is 24.1.